The third kappa shape index (κ3) is 5.84. The number of halogens is 1. The summed E-state index contributed by atoms with van der Waals surface area (Å²) in [6, 6.07) is 20.5. The fourth-order valence-corrected chi connectivity index (χ4v) is 3.19. The Kier molecular flexibility index (Phi) is 7.09. The minimum atomic E-state index is -0.254. The molecule has 3 aromatic carbocycles. The molecule has 0 aliphatic heterocycles. The maximum Gasteiger partial charge on any atom is 0.253 e. The first-order valence-electron chi connectivity index (χ1n) is 9.65. The summed E-state index contributed by atoms with van der Waals surface area (Å²) in [5.41, 5.74) is 4.83. The van der Waals surface area contributed by atoms with Crippen molar-refractivity contribution in [2.75, 3.05) is 17.2 Å². The van der Waals surface area contributed by atoms with Gasteiger partial charge in [-0.3, -0.25) is 9.59 Å². The lowest BCUT2D eigenvalue weighted by Gasteiger charge is -2.13. The minimum absolute atomic E-state index is 0.00641. The van der Waals surface area contributed by atoms with Crippen LogP contribution in [0.2, 0.25) is 5.02 Å². The van der Waals surface area contributed by atoms with E-state index < -0.39 is 0 Å². The number of carbonyl (C=O) groups excluding carboxylic acids is 2. The van der Waals surface area contributed by atoms with E-state index in [2.05, 4.69) is 16.0 Å². The van der Waals surface area contributed by atoms with Gasteiger partial charge in [0.25, 0.3) is 5.91 Å². The van der Waals surface area contributed by atoms with Gasteiger partial charge >= 0.3 is 0 Å². The Balaban J connectivity index is 1.59. The third-order valence-corrected chi connectivity index (χ3v) is 4.90. The van der Waals surface area contributed by atoms with Crippen molar-refractivity contribution in [3.8, 4) is 0 Å². The van der Waals surface area contributed by atoms with Gasteiger partial charge in [0, 0.05) is 12.2 Å². The second kappa shape index (κ2) is 9.94. The van der Waals surface area contributed by atoms with E-state index in [1.165, 1.54) is 5.56 Å². The molecule has 0 saturated carbocycles. The van der Waals surface area contributed by atoms with Crippen LogP contribution in [0.4, 0.5) is 11.4 Å². The molecule has 0 aliphatic rings. The number of carbonyl (C=O) groups is 2. The standard InChI is InChI=1S/C24H24ClN3O2/c1-16-7-10-18(11-8-16)14-27-24(30)19-5-3-4-6-21(19)26-15-23(29)28-22-12-9-17(2)13-20(22)25/h3-13,26H,14-15H2,1-2H3,(H,27,30)(H,28,29). The summed E-state index contributed by atoms with van der Waals surface area (Å²) < 4.78 is 0. The van der Waals surface area contributed by atoms with E-state index >= 15 is 0 Å². The Morgan fingerprint density at radius 2 is 1.57 bits per heavy atom. The van der Waals surface area contributed by atoms with Crippen LogP contribution in [0.3, 0.4) is 0 Å². The fraction of sp³-hybridized carbons (Fsp3) is 0.167. The van der Waals surface area contributed by atoms with Crippen molar-refractivity contribution < 1.29 is 9.59 Å². The second-order valence-corrected chi connectivity index (χ2v) is 7.51. The molecule has 0 spiro atoms. The Hall–Kier alpha value is -3.31. The summed E-state index contributed by atoms with van der Waals surface area (Å²) in [7, 11) is 0. The number of aryl methyl sites for hydroxylation is 2. The molecule has 3 N–H and O–H groups in total. The van der Waals surface area contributed by atoms with Crippen LogP contribution in [0.15, 0.2) is 66.7 Å². The van der Waals surface area contributed by atoms with Crippen molar-refractivity contribution in [3.63, 3.8) is 0 Å². The Morgan fingerprint density at radius 1 is 0.867 bits per heavy atom. The van der Waals surface area contributed by atoms with Crippen LogP contribution in [0.25, 0.3) is 0 Å². The highest BCUT2D eigenvalue weighted by Crippen LogP contribution is 2.22. The van der Waals surface area contributed by atoms with Crippen LogP contribution < -0.4 is 16.0 Å². The van der Waals surface area contributed by atoms with Crippen LogP contribution in [0, 0.1) is 13.8 Å². The zero-order valence-electron chi connectivity index (χ0n) is 17.0. The van der Waals surface area contributed by atoms with Gasteiger partial charge in [-0.25, -0.2) is 0 Å². The quantitative estimate of drug-likeness (QED) is 0.506. The van der Waals surface area contributed by atoms with Crippen LogP contribution in [0.1, 0.15) is 27.0 Å². The van der Waals surface area contributed by atoms with Crippen molar-refractivity contribution in [1.29, 1.82) is 0 Å². The van der Waals surface area contributed by atoms with Crippen molar-refractivity contribution in [3.05, 3.63) is 94.0 Å². The van der Waals surface area contributed by atoms with E-state index in [-0.39, 0.29) is 18.4 Å². The van der Waals surface area contributed by atoms with Crippen molar-refractivity contribution >= 4 is 34.8 Å². The van der Waals surface area contributed by atoms with Gasteiger partial charge in [0.05, 0.1) is 22.8 Å². The molecule has 0 fully saturated rings. The maximum atomic E-state index is 12.6. The molecular formula is C24H24ClN3O2. The highest BCUT2D eigenvalue weighted by atomic mass is 35.5. The first-order valence-corrected chi connectivity index (χ1v) is 10.0. The lowest BCUT2D eigenvalue weighted by molar-refractivity contribution is -0.114. The summed E-state index contributed by atoms with van der Waals surface area (Å²) in [4.78, 5) is 25.0. The van der Waals surface area contributed by atoms with Gasteiger partial charge < -0.3 is 16.0 Å². The largest absolute Gasteiger partial charge is 0.376 e. The normalized spacial score (nSPS) is 10.4. The van der Waals surface area contributed by atoms with Gasteiger partial charge in [-0.15, -0.1) is 0 Å². The molecule has 5 nitrogen and oxygen atoms in total. The molecule has 0 saturated heterocycles. The molecule has 0 atom stereocenters. The number of amides is 2. The average molecular weight is 422 g/mol. The smallest absolute Gasteiger partial charge is 0.253 e. The fourth-order valence-electron chi connectivity index (χ4n) is 2.91. The van der Waals surface area contributed by atoms with E-state index in [4.69, 9.17) is 11.6 Å². The Labute approximate surface area is 181 Å². The summed E-state index contributed by atoms with van der Waals surface area (Å²) in [6.07, 6.45) is 0. The lowest BCUT2D eigenvalue weighted by atomic mass is 10.1. The minimum Gasteiger partial charge on any atom is -0.376 e. The molecule has 3 aromatic rings. The predicted octanol–water partition coefficient (Wildman–Crippen LogP) is 4.94. The van der Waals surface area contributed by atoms with Crippen molar-refractivity contribution in [1.82, 2.24) is 5.32 Å². The zero-order valence-corrected chi connectivity index (χ0v) is 17.7. The molecule has 6 heteroatoms. The van der Waals surface area contributed by atoms with Gasteiger partial charge in [-0.05, 0) is 49.2 Å². The Bertz CT molecular complexity index is 1050. The molecule has 0 unspecified atom stereocenters. The highest BCUT2D eigenvalue weighted by Gasteiger charge is 2.12. The highest BCUT2D eigenvalue weighted by molar-refractivity contribution is 6.33. The van der Waals surface area contributed by atoms with E-state index in [0.717, 1.165) is 11.1 Å². The number of nitrogens with one attached hydrogen (secondary N) is 3. The number of benzene rings is 3. The molecule has 0 heterocycles. The summed E-state index contributed by atoms with van der Waals surface area (Å²) in [5, 5.41) is 9.21. The molecule has 0 aromatic heterocycles. The van der Waals surface area contributed by atoms with Gasteiger partial charge in [-0.2, -0.15) is 0 Å². The molecule has 0 bridgehead atoms. The summed E-state index contributed by atoms with van der Waals surface area (Å²) in [6.45, 7) is 4.39. The molecule has 0 radical (unpaired) electrons. The van der Waals surface area contributed by atoms with Crippen LogP contribution in [-0.2, 0) is 11.3 Å². The van der Waals surface area contributed by atoms with Gasteiger partial charge in [0.2, 0.25) is 5.91 Å². The van der Waals surface area contributed by atoms with Gasteiger partial charge in [0.15, 0.2) is 0 Å². The molecule has 3 rings (SSSR count). The average Bonchev–Trinajstić information content (AvgIpc) is 2.74. The number of hydrogen-bond acceptors (Lipinski definition) is 3. The first-order chi connectivity index (χ1) is 14.4. The molecule has 154 valence electrons. The Morgan fingerprint density at radius 3 is 2.30 bits per heavy atom. The second-order valence-electron chi connectivity index (χ2n) is 7.10. The van der Waals surface area contributed by atoms with Crippen LogP contribution >= 0.6 is 11.6 Å². The monoisotopic (exact) mass is 421 g/mol. The third-order valence-electron chi connectivity index (χ3n) is 4.58. The van der Waals surface area contributed by atoms with Crippen LogP contribution in [0.5, 0.6) is 0 Å². The van der Waals surface area contributed by atoms with Gasteiger partial charge in [0.1, 0.15) is 0 Å². The molecule has 2 amide bonds. The summed E-state index contributed by atoms with van der Waals surface area (Å²) >= 11 is 6.16. The number of hydrogen-bond donors (Lipinski definition) is 3. The van der Waals surface area contributed by atoms with Crippen molar-refractivity contribution in [2.24, 2.45) is 0 Å². The zero-order chi connectivity index (χ0) is 21.5. The predicted molar refractivity (Wildman–Crippen MR) is 122 cm³/mol. The number of rotatable bonds is 7. The SMILES string of the molecule is Cc1ccc(CNC(=O)c2ccccc2NCC(=O)Nc2ccc(C)cc2Cl)cc1. The van der Waals surface area contributed by atoms with E-state index in [1.807, 2.05) is 50.2 Å². The van der Waals surface area contributed by atoms with E-state index in [0.29, 0.717) is 28.5 Å². The molecule has 30 heavy (non-hydrogen) atoms. The van der Waals surface area contributed by atoms with E-state index in [1.54, 1.807) is 30.3 Å². The van der Waals surface area contributed by atoms with Gasteiger partial charge in [-0.1, -0.05) is 59.6 Å². The molecule has 0 aliphatic carbocycles. The van der Waals surface area contributed by atoms with Crippen LogP contribution in [-0.4, -0.2) is 18.4 Å². The number of para-hydroxylation sites is 1. The summed E-state index contributed by atoms with van der Waals surface area (Å²) in [5.74, 6) is -0.462. The first kappa shape index (κ1) is 21.4. The topological polar surface area (TPSA) is 70.2 Å². The lowest BCUT2D eigenvalue weighted by Crippen LogP contribution is -2.26. The molecular weight excluding hydrogens is 398 g/mol. The number of anilines is 2. The van der Waals surface area contributed by atoms with Crippen molar-refractivity contribution in [2.45, 2.75) is 20.4 Å². The van der Waals surface area contributed by atoms with E-state index in [9.17, 15) is 9.59 Å². The maximum absolute atomic E-state index is 12.6.